The summed E-state index contributed by atoms with van der Waals surface area (Å²) in [6.07, 6.45) is 1.33. The molecule has 0 unspecified atom stereocenters. The summed E-state index contributed by atoms with van der Waals surface area (Å²) in [7, 11) is 1.23. The topological polar surface area (TPSA) is 150 Å². The highest BCUT2D eigenvalue weighted by Crippen LogP contribution is 2.24. The van der Waals surface area contributed by atoms with Gasteiger partial charge in [0.05, 0.1) is 6.26 Å². The summed E-state index contributed by atoms with van der Waals surface area (Å²) in [5.74, 6) is -2.94. The van der Waals surface area contributed by atoms with Crippen LogP contribution in [0.4, 0.5) is 0 Å². The largest absolute Gasteiger partial charge is 0.480 e. The van der Waals surface area contributed by atoms with Crippen molar-refractivity contribution in [1.82, 2.24) is 10.6 Å². The fourth-order valence-electron chi connectivity index (χ4n) is 2.20. The zero-order valence-corrected chi connectivity index (χ0v) is 14.7. The lowest BCUT2D eigenvalue weighted by Gasteiger charge is -2.30. The van der Waals surface area contributed by atoms with Crippen LogP contribution < -0.4 is 10.6 Å². The molecule has 1 amide bonds. The molecule has 1 aromatic heterocycles. The molecule has 0 fully saturated rings. The first kappa shape index (κ1) is 19.4. The second-order valence-corrected chi connectivity index (χ2v) is 6.36. The summed E-state index contributed by atoms with van der Waals surface area (Å²) < 4.78 is 5.09. The van der Waals surface area contributed by atoms with E-state index in [1.165, 1.54) is 37.3 Å². The van der Waals surface area contributed by atoms with Crippen molar-refractivity contribution in [2.45, 2.75) is 18.3 Å². The SMILES string of the molecule is CO/N=C(\C(=O)N[C@H](C(=O)O)[C@@H]1NC(C(=O)O)=C(C)CS1)c1ccco1. The van der Waals surface area contributed by atoms with Gasteiger partial charge < -0.3 is 30.1 Å². The number of amides is 1. The normalized spacial score (nSPS) is 18.7. The van der Waals surface area contributed by atoms with Gasteiger partial charge in [-0.15, -0.1) is 11.8 Å². The minimum Gasteiger partial charge on any atom is -0.480 e. The molecule has 10 nitrogen and oxygen atoms in total. The first-order chi connectivity index (χ1) is 12.3. The molecule has 2 heterocycles. The second kappa shape index (κ2) is 8.43. The van der Waals surface area contributed by atoms with Crippen molar-refractivity contribution in [2.75, 3.05) is 12.9 Å². The fourth-order valence-corrected chi connectivity index (χ4v) is 3.35. The highest BCUT2D eigenvalue weighted by atomic mass is 32.2. The molecular weight excluding hydrogens is 366 g/mol. The molecule has 0 spiro atoms. The maximum Gasteiger partial charge on any atom is 0.351 e. The van der Waals surface area contributed by atoms with Gasteiger partial charge in [0, 0.05) is 5.75 Å². The number of oxime groups is 1. The lowest BCUT2D eigenvalue weighted by atomic mass is 10.2. The molecule has 1 aliphatic heterocycles. The molecular formula is C15H17N3O7S. The zero-order chi connectivity index (χ0) is 19.3. The Hall–Kier alpha value is -2.95. The van der Waals surface area contributed by atoms with Crippen LogP contribution >= 0.6 is 11.8 Å². The van der Waals surface area contributed by atoms with E-state index in [-0.39, 0.29) is 17.2 Å². The van der Waals surface area contributed by atoms with Crippen molar-refractivity contribution in [2.24, 2.45) is 5.16 Å². The van der Waals surface area contributed by atoms with E-state index in [2.05, 4.69) is 20.6 Å². The molecule has 2 rings (SSSR count). The van der Waals surface area contributed by atoms with Gasteiger partial charge in [0.1, 0.15) is 18.2 Å². The van der Waals surface area contributed by atoms with E-state index in [4.69, 9.17) is 4.42 Å². The Morgan fingerprint density at radius 3 is 2.73 bits per heavy atom. The standard InChI is InChI=1S/C15H17N3O7S/c1-7-6-26-13(17-9(7)14(20)21)11(15(22)23)16-12(19)10(18-24-2)8-4-3-5-25-8/h3-5,11,13,17H,6H2,1-2H3,(H,16,19)(H,20,21)(H,22,23)/b18-10-/t11-,13+/m0/s1. The van der Waals surface area contributed by atoms with E-state index in [9.17, 15) is 24.6 Å². The maximum absolute atomic E-state index is 12.5. The van der Waals surface area contributed by atoms with E-state index in [0.29, 0.717) is 11.3 Å². The van der Waals surface area contributed by atoms with Crippen molar-refractivity contribution in [3.8, 4) is 0 Å². The summed E-state index contributed by atoms with van der Waals surface area (Å²) in [6.45, 7) is 1.63. The van der Waals surface area contributed by atoms with E-state index >= 15 is 0 Å². The van der Waals surface area contributed by atoms with Crippen molar-refractivity contribution >= 4 is 35.3 Å². The molecule has 2 atom stereocenters. The Balaban J connectivity index is 2.21. The molecule has 11 heteroatoms. The molecule has 0 aromatic carbocycles. The molecule has 0 radical (unpaired) electrons. The number of furan rings is 1. The first-order valence-electron chi connectivity index (χ1n) is 7.35. The van der Waals surface area contributed by atoms with E-state index in [0.717, 1.165) is 0 Å². The van der Waals surface area contributed by atoms with E-state index in [1.54, 1.807) is 6.92 Å². The molecule has 1 aromatic rings. The average Bonchev–Trinajstić information content (AvgIpc) is 3.11. The average molecular weight is 383 g/mol. The number of carbonyl (C=O) groups is 3. The van der Waals surface area contributed by atoms with Crippen molar-refractivity contribution < 1.29 is 33.9 Å². The molecule has 0 bridgehead atoms. The Bertz CT molecular complexity index is 757. The third-order valence-corrected chi connectivity index (χ3v) is 4.76. The van der Waals surface area contributed by atoms with Gasteiger partial charge in [-0.2, -0.15) is 0 Å². The number of carbonyl (C=O) groups excluding carboxylic acids is 1. The fraction of sp³-hybridized carbons (Fsp3) is 0.333. The van der Waals surface area contributed by atoms with Gasteiger partial charge >= 0.3 is 11.9 Å². The van der Waals surface area contributed by atoms with Crippen LogP contribution in [-0.2, 0) is 19.2 Å². The molecule has 140 valence electrons. The number of carboxylic acids is 2. The lowest BCUT2D eigenvalue weighted by Crippen LogP contribution is -2.55. The van der Waals surface area contributed by atoms with Crippen LogP contribution in [-0.4, -0.2) is 58.0 Å². The Labute approximate surface area is 152 Å². The lowest BCUT2D eigenvalue weighted by molar-refractivity contribution is -0.141. The quantitative estimate of drug-likeness (QED) is 0.383. The van der Waals surface area contributed by atoms with Crippen molar-refractivity contribution in [1.29, 1.82) is 0 Å². The van der Waals surface area contributed by atoms with Crippen molar-refractivity contribution in [3.05, 3.63) is 35.4 Å². The summed E-state index contributed by atoms with van der Waals surface area (Å²) in [5.41, 5.74) is 0.257. The number of hydrogen-bond acceptors (Lipinski definition) is 8. The maximum atomic E-state index is 12.5. The van der Waals surface area contributed by atoms with E-state index < -0.39 is 29.3 Å². The highest BCUT2D eigenvalue weighted by Gasteiger charge is 2.36. The van der Waals surface area contributed by atoms with Crippen LogP contribution in [0.2, 0.25) is 0 Å². The van der Waals surface area contributed by atoms with Gasteiger partial charge in [-0.05, 0) is 24.6 Å². The molecule has 0 saturated heterocycles. The third-order valence-electron chi connectivity index (χ3n) is 3.41. The molecule has 0 aliphatic carbocycles. The van der Waals surface area contributed by atoms with Gasteiger partial charge in [-0.1, -0.05) is 5.16 Å². The number of nitrogens with one attached hydrogen (secondary N) is 2. The molecule has 1 aliphatic rings. The molecule has 26 heavy (non-hydrogen) atoms. The number of carboxylic acid groups (broad SMARTS) is 2. The van der Waals surface area contributed by atoms with Crippen LogP contribution in [0.1, 0.15) is 12.7 Å². The van der Waals surface area contributed by atoms with Crippen LogP contribution in [0.15, 0.2) is 39.2 Å². The predicted molar refractivity (Wildman–Crippen MR) is 91.5 cm³/mol. The van der Waals surface area contributed by atoms with Crippen LogP contribution in [0, 0.1) is 0 Å². The van der Waals surface area contributed by atoms with Gasteiger partial charge in [0.25, 0.3) is 5.91 Å². The van der Waals surface area contributed by atoms with Gasteiger partial charge in [0.2, 0.25) is 5.71 Å². The molecule has 4 N–H and O–H groups in total. The monoisotopic (exact) mass is 383 g/mol. The summed E-state index contributed by atoms with van der Waals surface area (Å²) >= 11 is 1.17. The zero-order valence-electron chi connectivity index (χ0n) is 13.9. The Morgan fingerprint density at radius 2 is 2.19 bits per heavy atom. The molecule has 0 saturated carbocycles. The number of hydrogen-bond donors (Lipinski definition) is 4. The predicted octanol–water partition coefficient (Wildman–Crippen LogP) is 0.221. The summed E-state index contributed by atoms with van der Waals surface area (Å²) in [6, 6.07) is 1.59. The highest BCUT2D eigenvalue weighted by molar-refractivity contribution is 8.00. The number of thioether (sulfide) groups is 1. The second-order valence-electron chi connectivity index (χ2n) is 5.23. The van der Waals surface area contributed by atoms with Gasteiger partial charge in [-0.3, -0.25) is 4.79 Å². The van der Waals surface area contributed by atoms with E-state index in [1.807, 2.05) is 0 Å². The van der Waals surface area contributed by atoms with Crippen molar-refractivity contribution in [3.63, 3.8) is 0 Å². The Kier molecular flexibility index (Phi) is 6.28. The minimum atomic E-state index is -1.41. The first-order valence-corrected chi connectivity index (χ1v) is 8.40. The van der Waals surface area contributed by atoms with Gasteiger partial charge in [-0.25, -0.2) is 9.59 Å². The third kappa shape index (κ3) is 4.36. The number of rotatable bonds is 7. The smallest absolute Gasteiger partial charge is 0.351 e. The summed E-state index contributed by atoms with van der Waals surface area (Å²) in [5, 5.41) is 26.3. The summed E-state index contributed by atoms with van der Waals surface area (Å²) in [4.78, 5) is 40.0. The van der Waals surface area contributed by atoms with Crippen LogP contribution in [0.25, 0.3) is 0 Å². The van der Waals surface area contributed by atoms with Gasteiger partial charge in [0.15, 0.2) is 11.8 Å². The minimum absolute atomic E-state index is 0.0777. The van der Waals surface area contributed by atoms with Crippen LogP contribution in [0.5, 0.6) is 0 Å². The number of aliphatic carboxylic acids is 2. The number of nitrogens with zero attached hydrogens (tertiary/aromatic N) is 1. The Morgan fingerprint density at radius 1 is 1.46 bits per heavy atom. The van der Waals surface area contributed by atoms with Crippen LogP contribution in [0.3, 0.4) is 0 Å².